The van der Waals surface area contributed by atoms with Crippen molar-refractivity contribution < 1.29 is 48.0 Å². The monoisotopic (exact) mass is 664 g/mol. The fourth-order valence-electron chi connectivity index (χ4n) is 5.13. The van der Waals surface area contributed by atoms with Crippen LogP contribution in [0.5, 0.6) is 5.75 Å². The number of hydrogen-bond acceptors (Lipinski definition) is 12. The molecule has 1 aliphatic rings. The Kier molecular flexibility index (Phi) is 11.8. The summed E-state index contributed by atoms with van der Waals surface area (Å²) in [4.78, 5) is 49.6. The van der Waals surface area contributed by atoms with Gasteiger partial charge in [-0.05, 0) is 39.0 Å². The van der Waals surface area contributed by atoms with E-state index in [2.05, 4.69) is 0 Å². The van der Waals surface area contributed by atoms with Gasteiger partial charge < -0.3 is 28.8 Å². The molecule has 248 valence electrons. The lowest BCUT2D eigenvalue weighted by atomic mass is 9.78. The molecule has 0 spiro atoms. The van der Waals surface area contributed by atoms with Crippen LogP contribution >= 0.6 is 23.1 Å². The van der Waals surface area contributed by atoms with Gasteiger partial charge in [0.15, 0.2) is 18.3 Å². The van der Waals surface area contributed by atoms with E-state index in [0.717, 1.165) is 21.6 Å². The molecule has 1 aliphatic heterocycles. The third-order valence-corrected chi connectivity index (χ3v) is 9.60. The fraction of sp³-hybridized carbons (Fsp3) is 0.576. The largest absolute Gasteiger partial charge is 0.507 e. The van der Waals surface area contributed by atoms with Crippen LogP contribution in [0.4, 0.5) is 0 Å². The third-order valence-electron chi connectivity index (χ3n) is 7.07. The summed E-state index contributed by atoms with van der Waals surface area (Å²) in [5.74, 6) is -2.38. The maximum absolute atomic E-state index is 12.4. The fourth-order valence-corrected chi connectivity index (χ4v) is 7.55. The van der Waals surface area contributed by atoms with Gasteiger partial charge in [-0.3, -0.25) is 19.2 Å². The number of rotatable bonds is 9. The van der Waals surface area contributed by atoms with Gasteiger partial charge in [-0.2, -0.15) is 0 Å². The second kappa shape index (κ2) is 14.6. The minimum Gasteiger partial charge on any atom is -0.507 e. The van der Waals surface area contributed by atoms with Gasteiger partial charge in [-0.15, -0.1) is 23.1 Å². The Morgan fingerprint density at radius 2 is 1.36 bits per heavy atom. The first kappa shape index (κ1) is 36.4. The van der Waals surface area contributed by atoms with E-state index in [-0.39, 0.29) is 23.2 Å². The van der Waals surface area contributed by atoms with Gasteiger partial charge in [0.25, 0.3) is 0 Å². The van der Waals surface area contributed by atoms with Crippen molar-refractivity contribution in [3.8, 4) is 5.75 Å². The molecular formula is C33H44O10S2. The first-order chi connectivity index (χ1) is 20.8. The van der Waals surface area contributed by atoms with Crippen molar-refractivity contribution in [1.29, 1.82) is 0 Å². The minimum atomic E-state index is -1.26. The lowest BCUT2D eigenvalue weighted by molar-refractivity contribution is -0.237. The molecule has 0 amide bonds. The van der Waals surface area contributed by atoms with Crippen LogP contribution in [0, 0.1) is 0 Å². The zero-order valence-corrected chi connectivity index (χ0v) is 29.1. The van der Waals surface area contributed by atoms with Gasteiger partial charge >= 0.3 is 23.9 Å². The Hall–Kier alpha value is -3.09. The summed E-state index contributed by atoms with van der Waals surface area (Å²) in [5, 5.41) is 13.0. The van der Waals surface area contributed by atoms with Crippen LogP contribution < -0.4 is 0 Å². The molecule has 0 bridgehead atoms. The summed E-state index contributed by atoms with van der Waals surface area (Å²) in [6.45, 7) is 16.7. The van der Waals surface area contributed by atoms with Crippen molar-refractivity contribution in [3.05, 3.63) is 51.2 Å². The lowest BCUT2D eigenvalue weighted by Crippen LogP contribution is -2.61. The van der Waals surface area contributed by atoms with Crippen LogP contribution in [0.15, 0.2) is 29.6 Å². The van der Waals surface area contributed by atoms with E-state index in [4.69, 9.17) is 23.7 Å². The van der Waals surface area contributed by atoms with Crippen molar-refractivity contribution in [1.82, 2.24) is 0 Å². The molecule has 0 aliphatic carbocycles. The molecule has 12 heteroatoms. The zero-order valence-electron chi connectivity index (χ0n) is 27.5. The van der Waals surface area contributed by atoms with Crippen molar-refractivity contribution in [2.24, 2.45) is 0 Å². The van der Waals surface area contributed by atoms with Gasteiger partial charge in [-0.25, -0.2) is 0 Å². The van der Waals surface area contributed by atoms with Crippen molar-refractivity contribution >= 4 is 47.0 Å². The molecule has 0 radical (unpaired) electrons. The molecular weight excluding hydrogens is 620 g/mol. The standard InChI is InChI=1S/C33H44O10S2/c1-17(34)39-16-24-27(40-18(2)35)28(41-19(3)36)29(42-20(4)37)31(43-24)45-30(25-12-11-13-44-25)21-14-22(32(5,6)7)26(38)23(15-21)33(8,9)10/h11-15,24,27-31,38H,16H2,1-10H3/t24?,27-,28?,29?,30-,31-/m0/s1. The highest BCUT2D eigenvalue weighted by atomic mass is 32.2. The smallest absolute Gasteiger partial charge is 0.303 e. The molecule has 1 fully saturated rings. The van der Waals surface area contributed by atoms with E-state index in [1.54, 1.807) is 0 Å². The number of carbonyl (C=O) groups excluding carboxylic acids is 4. The van der Waals surface area contributed by atoms with Crippen molar-refractivity contribution in [2.75, 3.05) is 6.61 Å². The van der Waals surface area contributed by atoms with Gasteiger partial charge in [-0.1, -0.05) is 59.7 Å². The number of benzene rings is 1. The Bertz CT molecular complexity index is 1340. The Morgan fingerprint density at radius 1 is 0.844 bits per heavy atom. The van der Waals surface area contributed by atoms with Gasteiger partial charge in [0.1, 0.15) is 23.9 Å². The average molecular weight is 665 g/mol. The molecule has 6 atom stereocenters. The molecule has 3 rings (SSSR count). The molecule has 2 heterocycles. The highest BCUT2D eigenvalue weighted by Gasteiger charge is 2.53. The predicted octanol–water partition coefficient (Wildman–Crippen LogP) is 5.95. The number of phenolic OH excluding ortho intramolecular Hbond substituents is 1. The second-order valence-electron chi connectivity index (χ2n) is 13.1. The molecule has 1 saturated heterocycles. The first-order valence-electron chi connectivity index (χ1n) is 14.7. The van der Waals surface area contributed by atoms with Crippen LogP contribution in [0.2, 0.25) is 0 Å². The molecule has 10 nitrogen and oxygen atoms in total. The van der Waals surface area contributed by atoms with E-state index in [0.29, 0.717) is 0 Å². The van der Waals surface area contributed by atoms with Gasteiger partial charge in [0.2, 0.25) is 0 Å². The third kappa shape index (κ3) is 9.46. The summed E-state index contributed by atoms with van der Waals surface area (Å²) in [6.07, 6.45) is -4.74. The predicted molar refractivity (Wildman–Crippen MR) is 171 cm³/mol. The number of ether oxygens (including phenoxy) is 5. The van der Waals surface area contributed by atoms with Crippen LogP contribution in [0.25, 0.3) is 0 Å². The second-order valence-corrected chi connectivity index (χ2v) is 15.3. The lowest BCUT2D eigenvalue weighted by Gasteiger charge is -2.45. The summed E-state index contributed by atoms with van der Waals surface area (Å²) >= 11 is 2.84. The average Bonchev–Trinajstić information content (AvgIpc) is 3.42. The van der Waals surface area contributed by atoms with Gasteiger partial charge in [0.05, 0.1) is 5.25 Å². The molecule has 0 saturated carbocycles. The maximum atomic E-state index is 12.4. The minimum absolute atomic E-state index is 0.237. The number of carbonyl (C=O) groups is 4. The number of hydrogen-bond donors (Lipinski definition) is 1. The number of thiophene rings is 1. The summed E-state index contributed by atoms with van der Waals surface area (Å²) < 4.78 is 28.6. The molecule has 1 aromatic heterocycles. The Morgan fingerprint density at radius 3 is 1.80 bits per heavy atom. The van der Waals surface area contributed by atoms with Crippen LogP contribution in [-0.2, 0) is 53.7 Å². The summed E-state index contributed by atoms with van der Waals surface area (Å²) in [6, 6.07) is 7.87. The number of aromatic hydroxyl groups is 1. The zero-order chi connectivity index (χ0) is 33.9. The van der Waals surface area contributed by atoms with Gasteiger partial charge in [0, 0.05) is 32.6 Å². The summed E-state index contributed by atoms with van der Waals surface area (Å²) in [5.41, 5.74) is 0.672. The van der Waals surface area contributed by atoms with Crippen LogP contribution in [0.3, 0.4) is 0 Å². The number of esters is 4. The maximum Gasteiger partial charge on any atom is 0.303 e. The topological polar surface area (TPSA) is 135 Å². The molecule has 1 N–H and O–H groups in total. The van der Waals surface area contributed by atoms with E-state index in [1.807, 2.05) is 71.2 Å². The summed E-state index contributed by atoms with van der Waals surface area (Å²) in [7, 11) is 0. The SMILES string of the molecule is CC(=O)OCC1O[C@@H](S[C@@H](c2cc(C(C)(C)C)c(O)c(C(C)(C)C)c2)c2cccs2)C(OC(C)=O)C(OC(C)=O)[C@H]1OC(C)=O. The van der Waals surface area contributed by atoms with Crippen LogP contribution in [0.1, 0.15) is 96.1 Å². The molecule has 1 aromatic carbocycles. The Balaban J connectivity index is 2.22. The van der Waals surface area contributed by atoms with E-state index < -0.39 is 59.0 Å². The van der Waals surface area contributed by atoms with Crippen molar-refractivity contribution in [3.63, 3.8) is 0 Å². The Labute approximate surface area is 273 Å². The number of thioether (sulfide) groups is 1. The van der Waals surface area contributed by atoms with Crippen LogP contribution in [-0.4, -0.2) is 65.4 Å². The normalized spacial score (nSPS) is 22.7. The first-order valence-corrected chi connectivity index (χ1v) is 16.5. The quantitative estimate of drug-likeness (QED) is 0.252. The van der Waals surface area contributed by atoms with Crippen molar-refractivity contribution in [2.45, 2.75) is 115 Å². The molecule has 3 unspecified atom stereocenters. The molecule has 2 aromatic rings. The number of phenols is 1. The van der Waals surface area contributed by atoms with E-state index in [9.17, 15) is 24.3 Å². The van der Waals surface area contributed by atoms with E-state index in [1.165, 1.54) is 50.8 Å². The highest BCUT2D eigenvalue weighted by molar-refractivity contribution is 8.00. The highest BCUT2D eigenvalue weighted by Crippen LogP contribution is 2.49. The molecule has 45 heavy (non-hydrogen) atoms. The van der Waals surface area contributed by atoms with E-state index >= 15 is 0 Å².